The molecule has 4 aromatic rings. The number of hydrogen-bond acceptors (Lipinski definition) is 7. The maximum absolute atomic E-state index is 13.3. The first-order chi connectivity index (χ1) is 16.6. The summed E-state index contributed by atoms with van der Waals surface area (Å²) in [6.45, 7) is 0.0536. The number of rotatable bonds is 6. The number of benzene rings is 2. The highest BCUT2D eigenvalue weighted by Gasteiger charge is 2.32. The standard InChI is InChI=1S/C24H20N6O3S/c25-22(32)20-14-29(18-10-4-5-11-19(18)33-20)21(31)15-34-24-28-27-23(16-7-6-12-26-13-16)30(24)17-8-2-1-3-9-17/h1-13,20H,14-15H2,(H2,25,32)/t20-/m0/s1. The third kappa shape index (κ3) is 4.23. The number of carbonyl (C=O) groups excluding carboxylic acids is 2. The van der Waals surface area contributed by atoms with Gasteiger partial charge in [0.1, 0.15) is 5.75 Å². The normalized spacial score (nSPS) is 14.8. The van der Waals surface area contributed by atoms with E-state index in [1.54, 1.807) is 30.6 Å². The third-order valence-electron chi connectivity index (χ3n) is 5.28. The molecule has 0 aliphatic carbocycles. The fraction of sp³-hybridized carbons (Fsp3) is 0.125. The van der Waals surface area contributed by atoms with E-state index in [0.29, 0.717) is 22.4 Å². The largest absolute Gasteiger partial charge is 0.477 e. The Kier molecular flexibility index (Phi) is 5.96. The number of thioether (sulfide) groups is 1. The van der Waals surface area contributed by atoms with E-state index >= 15 is 0 Å². The lowest BCUT2D eigenvalue weighted by Crippen LogP contribution is -2.49. The Hall–Kier alpha value is -4.18. The number of fused-ring (bicyclic) bond motifs is 1. The fourth-order valence-corrected chi connectivity index (χ4v) is 4.51. The highest BCUT2D eigenvalue weighted by atomic mass is 32.2. The van der Waals surface area contributed by atoms with Crippen LogP contribution >= 0.6 is 11.8 Å². The van der Waals surface area contributed by atoms with Crippen molar-refractivity contribution in [2.45, 2.75) is 11.3 Å². The maximum Gasteiger partial charge on any atom is 0.260 e. The summed E-state index contributed by atoms with van der Waals surface area (Å²) in [6, 6.07) is 20.5. The van der Waals surface area contributed by atoms with Gasteiger partial charge in [-0.1, -0.05) is 42.1 Å². The molecule has 0 bridgehead atoms. The Labute approximate surface area is 199 Å². The van der Waals surface area contributed by atoms with E-state index in [0.717, 1.165) is 11.3 Å². The summed E-state index contributed by atoms with van der Waals surface area (Å²) in [4.78, 5) is 30.8. The van der Waals surface area contributed by atoms with Crippen LogP contribution in [0.4, 0.5) is 5.69 Å². The van der Waals surface area contributed by atoms with E-state index in [2.05, 4.69) is 15.2 Å². The van der Waals surface area contributed by atoms with Crippen LogP contribution in [0, 0.1) is 0 Å². The van der Waals surface area contributed by atoms with Gasteiger partial charge >= 0.3 is 0 Å². The first-order valence-electron chi connectivity index (χ1n) is 10.5. The number of pyridine rings is 1. The Balaban J connectivity index is 1.43. The molecule has 0 unspecified atom stereocenters. The van der Waals surface area contributed by atoms with Gasteiger partial charge in [-0.25, -0.2) is 0 Å². The van der Waals surface area contributed by atoms with Crippen molar-refractivity contribution in [2.24, 2.45) is 5.73 Å². The van der Waals surface area contributed by atoms with Crippen molar-refractivity contribution < 1.29 is 14.3 Å². The minimum atomic E-state index is -0.908. The number of primary amides is 1. The van der Waals surface area contributed by atoms with Crippen molar-refractivity contribution in [3.8, 4) is 22.8 Å². The van der Waals surface area contributed by atoms with Gasteiger partial charge in [-0.05, 0) is 36.4 Å². The molecule has 0 saturated carbocycles. The van der Waals surface area contributed by atoms with Gasteiger partial charge in [0.2, 0.25) is 5.91 Å². The van der Waals surface area contributed by atoms with Crippen molar-refractivity contribution in [3.05, 3.63) is 79.1 Å². The average molecular weight is 473 g/mol. The zero-order valence-electron chi connectivity index (χ0n) is 17.9. The Morgan fingerprint density at radius 1 is 1.03 bits per heavy atom. The number of aromatic nitrogens is 4. The molecule has 1 aliphatic rings. The first kappa shape index (κ1) is 21.7. The van der Waals surface area contributed by atoms with E-state index in [-0.39, 0.29) is 18.2 Å². The van der Waals surface area contributed by atoms with Crippen LogP contribution in [-0.2, 0) is 9.59 Å². The molecular formula is C24H20N6O3S. The van der Waals surface area contributed by atoms with Crippen LogP contribution in [0.3, 0.4) is 0 Å². The minimum absolute atomic E-state index is 0.0536. The summed E-state index contributed by atoms with van der Waals surface area (Å²) in [5, 5.41) is 9.28. The van der Waals surface area contributed by atoms with Crippen LogP contribution in [-0.4, -0.2) is 50.0 Å². The quantitative estimate of drug-likeness (QED) is 0.429. The molecule has 9 nitrogen and oxygen atoms in total. The molecule has 0 radical (unpaired) electrons. The highest BCUT2D eigenvalue weighted by Crippen LogP contribution is 2.34. The highest BCUT2D eigenvalue weighted by molar-refractivity contribution is 7.99. The van der Waals surface area contributed by atoms with E-state index in [4.69, 9.17) is 10.5 Å². The lowest BCUT2D eigenvalue weighted by molar-refractivity contribution is -0.125. The predicted molar refractivity (Wildman–Crippen MR) is 128 cm³/mol. The third-order valence-corrected chi connectivity index (χ3v) is 6.20. The van der Waals surface area contributed by atoms with Gasteiger partial charge in [-0.15, -0.1) is 10.2 Å². The monoisotopic (exact) mass is 472 g/mol. The summed E-state index contributed by atoms with van der Waals surface area (Å²) >= 11 is 1.26. The second kappa shape index (κ2) is 9.36. The number of anilines is 1. The zero-order chi connectivity index (χ0) is 23.5. The number of nitrogens with zero attached hydrogens (tertiary/aromatic N) is 5. The van der Waals surface area contributed by atoms with E-state index < -0.39 is 12.0 Å². The SMILES string of the molecule is NC(=O)[C@@H]1CN(C(=O)CSc2nnc(-c3cccnc3)n2-c2ccccc2)c2ccccc2O1. The Morgan fingerprint density at radius 3 is 2.59 bits per heavy atom. The molecule has 10 heteroatoms. The minimum Gasteiger partial charge on any atom is -0.477 e. The van der Waals surface area contributed by atoms with Gasteiger partial charge in [-0.2, -0.15) is 0 Å². The number of amides is 2. The summed E-state index contributed by atoms with van der Waals surface area (Å²) in [5.74, 6) is 0.335. The number of ether oxygens (including phenoxy) is 1. The van der Waals surface area contributed by atoms with E-state index in [1.165, 1.54) is 16.7 Å². The van der Waals surface area contributed by atoms with Crippen LogP contribution in [0.15, 0.2) is 84.3 Å². The Bertz CT molecular complexity index is 1330. The van der Waals surface area contributed by atoms with E-state index in [9.17, 15) is 9.59 Å². The van der Waals surface area contributed by atoms with Crippen molar-refractivity contribution in [3.63, 3.8) is 0 Å². The van der Waals surface area contributed by atoms with Gasteiger partial charge in [0, 0.05) is 23.6 Å². The van der Waals surface area contributed by atoms with Crippen LogP contribution in [0.2, 0.25) is 0 Å². The molecule has 1 atom stereocenters. The second-order valence-electron chi connectivity index (χ2n) is 7.49. The van der Waals surface area contributed by atoms with Gasteiger partial charge < -0.3 is 15.4 Å². The molecule has 0 fully saturated rings. The number of hydrogen-bond donors (Lipinski definition) is 1. The van der Waals surface area contributed by atoms with Gasteiger partial charge in [0.15, 0.2) is 17.1 Å². The second-order valence-corrected chi connectivity index (χ2v) is 8.43. The summed E-state index contributed by atoms with van der Waals surface area (Å²) < 4.78 is 7.56. The molecule has 2 amide bonds. The number of nitrogens with two attached hydrogens (primary N) is 1. The molecule has 5 rings (SSSR count). The molecule has 170 valence electrons. The fourth-order valence-electron chi connectivity index (χ4n) is 3.68. The maximum atomic E-state index is 13.3. The molecule has 3 heterocycles. The molecule has 2 N–H and O–H groups in total. The topological polar surface area (TPSA) is 116 Å². The molecule has 2 aromatic carbocycles. The van der Waals surface area contributed by atoms with Crippen molar-refractivity contribution in [1.82, 2.24) is 19.7 Å². The van der Waals surface area contributed by atoms with Crippen LogP contribution in [0.1, 0.15) is 0 Å². The Morgan fingerprint density at radius 2 is 1.82 bits per heavy atom. The predicted octanol–water partition coefficient (Wildman–Crippen LogP) is 2.70. The molecule has 0 spiro atoms. The lowest BCUT2D eigenvalue weighted by atomic mass is 10.2. The lowest BCUT2D eigenvalue weighted by Gasteiger charge is -2.33. The summed E-state index contributed by atoms with van der Waals surface area (Å²) in [7, 11) is 0. The average Bonchev–Trinajstić information content (AvgIpc) is 3.31. The molecule has 0 saturated heterocycles. The zero-order valence-corrected chi connectivity index (χ0v) is 18.8. The summed E-state index contributed by atoms with van der Waals surface area (Å²) in [5.41, 5.74) is 7.74. The smallest absolute Gasteiger partial charge is 0.260 e. The van der Waals surface area contributed by atoms with Crippen LogP contribution < -0.4 is 15.4 Å². The van der Waals surface area contributed by atoms with Crippen molar-refractivity contribution in [1.29, 1.82) is 0 Å². The van der Waals surface area contributed by atoms with Crippen molar-refractivity contribution >= 4 is 29.3 Å². The molecule has 1 aliphatic heterocycles. The van der Waals surface area contributed by atoms with Gasteiger partial charge in [-0.3, -0.25) is 19.1 Å². The molecule has 2 aromatic heterocycles. The first-order valence-corrected chi connectivity index (χ1v) is 11.5. The molecular weight excluding hydrogens is 452 g/mol. The molecule has 34 heavy (non-hydrogen) atoms. The van der Waals surface area contributed by atoms with Gasteiger partial charge in [0.25, 0.3) is 5.91 Å². The van der Waals surface area contributed by atoms with Crippen LogP contribution in [0.5, 0.6) is 5.75 Å². The number of carbonyl (C=O) groups is 2. The van der Waals surface area contributed by atoms with Crippen molar-refractivity contribution in [2.75, 3.05) is 17.2 Å². The van der Waals surface area contributed by atoms with Gasteiger partial charge in [0.05, 0.1) is 18.0 Å². The van der Waals surface area contributed by atoms with Crippen LogP contribution in [0.25, 0.3) is 17.1 Å². The van der Waals surface area contributed by atoms with E-state index in [1.807, 2.05) is 53.1 Å². The number of para-hydroxylation sites is 3. The summed E-state index contributed by atoms with van der Waals surface area (Å²) in [6.07, 6.45) is 2.51.